The number of hydrogen-bond acceptors (Lipinski definition) is 7. The van der Waals surface area contributed by atoms with Crippen LogP contribution in [0.2, 0.25) is 0 Å². The summed E-state index contributed by atoms with van der Waals surface area (Å²) in [6, 6.07) is 14.8. The molecule has 3 fully saturated rings. The number of ether oxygens (including phenoxy) is 1. The molecule has 2 saturated carbocycles. The van der Waals surface area contributed by atoms with E-state index in [1.165, 1.54) is 18.3 Å². The summed E-state index contributed by atoms with van der Waals surface area (Å²) in [5.74, 6) is -2.52. The zero-order valence-corrected chi connectivity index (χ0v) is 23.5. The lowest BCUT2D eigenvalue weighted by Gasteiger charge is -2.43. The fraction of sp³-hybridized carbons (Fsp3) is 0.400. The van der Waals surface area contributed by atoms with E-state index >= 15 is 0 Å². The van der Waals surface area contributed by atoms with Gasteiger partial charge < -0.3 is 14.8 Å². The molecular weight excluding hydrogens is 548 g/mol. The van der Waals surface area contributed by atoms with Gasteiger partial charge in [0.05, 0.1) is 16.9 Å². The summed E-state index contributed by atoms with van der Waals surface area (Å²) in [4.78, 5) is 56.2. The molecule has 4 aliphatic rings. The molecule has 10 heteroatoms. The average molecular weight is 577 g/mol. The van der Waals surface area contributed by atoms with Gasteiger partial charge in [-0.1, -0.05) is 53.8 Å². The van der Waals surface area contributed by atoms with Gasteiger partial charge in [-0.15, -0.1) is 11.8 Å². The minimum absolute atomic E-state index is 0.00949. The molecule has 40 heavy (non-hydrogen) atoms. The van der Waals surface area contributed by atoms with Crippen LogP contribution < -0.4 is 9.61 Å². The van der Waals surface area contributed by atoms with Crippen LogP contribution in [-0.2, 0) is 21.0 Å². The van der Waals surface area contributed by atoms with E-state index in [4.69, 9.17) is 4.74 Å². The van der Waals surface area contributed by atoms with Crippen LogP contribution in [-0.4, -0.2) is 44.1 Å². The predicted octanol–water partition coefficient (Wildman–Crippen LogP) is 4.27. The monoisotopic (exact) mass is 576 g/mol. The number of rotatable bonds is 6. The summed E-state index contributed by atoms with van der Waals surface area (Å²) in [5.41, 5.74) is 3.20. The number of para-hydroxylation sites is 1. The number of carbonyl (C=O) groups excluding carboxylic acids is 2. The molecule has 1 saturated heterocycles. The number of carboxylic acid groups (broad SMARTS) is 1. The van der Waals surface area contributed by atoms with Crippen LogP contribution in [0.4, 0.5) is 0 Å². The highest BCUT2D eigenvalue weighted by atomic mass is 32.2. The lowest BCUT2D eigenvalue weighted by Crippen LogP contribution is -2.44. The van der Waals surface area contributed by atoms with Gasteiger partial charge in [-0.3, -0.25) is 19.3 Å². The molecule has 2 aliphatic heterocycles. The van der Waals surface area contributed by atoms with Crippen molar-refractivity contribution in [3.63, 3.8) is 0 Å². The summed E-state index contributed by atoms with van der Waals surface area (Å²) in [6.45, 7) is 3.86. The summed E-state index contributed by atoms with van der Waals surface area (Å²) >= 11 is 2.82. The van der Waals surface area contributed by atoms with Crippen LogP contribution >= 0.6 is 23.1 Å². The number of nitrogens with zero attached hydrogens (tertiary/aromatic N) is 1. The summed E-state index contributed by atoms with van der Waals surface area (Å²) < 4.78 is 6.42. The first-order chi connectivity index (χ1) is 19.3. The molecule has 0 spiro atoms. The number of carboxylic acids is 1. The number of imide groups is 1. The second kappa shape index (κ2) is 9.34. The quantitative estimate of drug-likeness (QED) is 0.421. The smallest absolute Gasteiger partial charge is 0.326 e. The normalized spacial score (nSPS) is 30.6. The molecule has 2 N–H and O–H groups in total. The summed E-state index contributed by atoms with van der Waals surface area (Å²) in [7, 11) is 0. The predicted molar refractivity (Wildman–Crippen MR) is 149 cm³/mol. The number of H-pyrrole nitrogens is 1. The highest BCUT2D eigenvalue weighted by Gasteiger charge is 2.70. The number of aromatic nitrogens is 1. The van der Waals surface area contributed by atoms with Crippen LogP contribution in [0.15, 0.2) is 58.4 Å². The Bertz CT molecular complexity index is 1610. The van der Waals surface area contributed by atoms with E-state index in [1.807, 2.05) is 42.5 Å². The Morgan fingerprint density at radius 2 is 1.77 bits per heavy atom. The van der Waals surface area contributed by atoms with Crippen LogP contribution in [0.25, 0.3) is 0 Å². The Morgan fingerprint density at radius 3 is 2.52 bits per heavy atom. The van der Waals surface area contributed by atoms with E-state index in [0.29, 0.717) is 6.61 Å². The van der Waals surface area contributed by atoms with E-state index in [-0.39, 0.29) is 45.6 Å². The third-order valence-electron chi connectivity index (χ3n) is 9.40. The maximum absolute atomic E-state index is 13.6. The Balaban J connectivity index is 1.29. The average Bonchev–Trinajstić information content (AvgIpc) is 3.67. The first-order valence-corrected chi connectivity index (χ1v) is 15.2. The Hall–Kier alpha value is -3.37. The molecule has 206 valence electrons. The third-order valence-corrected chi connectivity index (χ3v) is 12.0. The molecule has 3 heterocycles. The number of hydrogen-bond donors (Lipinski definition) is 2. The number of nitrogens with one attached hydrogen (secondary N) is 1. The highest BCUT2D eigenvalue weighted by molar-refractivity contribution is 8.00. The van der Waals surface area contributed by atoms with Crippen LogP contribution in [0.5, 0.6) is 5.75 Å². The van der Waals surface area contributed by atoms with E-state index < -0.39 is 23.8 Å². The molecule has 2 amide bonds. The number of amides is 2. The zero-order valence-electron chi connectivity index (χ0n) is 21.9. The van der Waals surface area contributed by atoms with Gasteiger partial charge in [-0.05, 0) is 55.2 Å². The fourth-order valence-electron chi connectivity index (χ4n) is 7.68. The molecule has 2 bridgehead atoms. The first kappa shape index (κ1) is 25.6. The summed E-state index contributed by atoms with van der Waals surface area (Å²) in [6.07, 6.45) is 0.742. The van der Waals surface area contributed by atoms with Crippen molar-refractivity contribution in [2.24, 2.45) is 29.6 Å². The molecule has 2 aliphatic carbocycles. The largest absolute Gasteiger partial charge is 0.489 e. The van der Waals surface area contributed by atoms with E-state index in [0.717, 1.165) is 43.7 Å². The maximum Gasteiger partial charge on any atom is 0.326 e. The van der Waals surface area contributed by atoms with Crippen molar-refractivity contribution in [2.45, 2.75) is 49.1 Å². The lowest BCUT2D eigenvalue weighted by molar-refractivity contribution is -0.154. The second-order valence-electron chi connectivity index (χ2n) is 11.3. The number of benzene rings is 2. The SMILES string of the molecule is Cc1ccccc1COc1ccccc1[C@H]1c2sc(=O)[nH]c2SC2C3CC(C4C(=O)N(C(C)C(=O)O)C(=O)C34)C21. The summed E-state index contributed by atoms with van der Waals surface area (Å²) in [5, 5.41) is 10.4. The maximum atomic E-state index is 13.6. The molecule has 7 unspecified atom stereocenters. The number of thioether (sulfide) groups is 1. The van der Waals surface area contributed by atoms with Gasteiger partial charge in [-0.2, -0.15) is 0 Å². The van der Waals surface area contributed by atoms with E-state index in [1.54, 1.807) is 11.8 Å². The number of likely N-dealkylation sites (tertiary alicyclic amines) is 1. The van der Waals surface area contributed by atoms with Gasteiger partial charge in [-0.25, -0.2) is 4.79 Å². The highest BCUT2D eigenvalue weighted by Crippen LogP contribution is 2.69. The molecular formula is C30H28N2O6S2. The lowest BCUT2D eigenvalue weighted by atomic mass is 9.68. The van der Waals surface area contributed by atoms with Gasteiger partial charge in [0.25, 0.3) is 0 Å². The fourth-order valence-corrected chi connectivity index (χ4v) is 10.6. The van der Waals surface area contributed by atoms with Gasteiger partial charge in [0.1, 0.15) is 18.4 Å². The third kappa shape index (κ3) is 3.65. The zero-order chi connectivity index (χ0) is 27.9. The molecule has 7 rings (SSSR count). The number of fused-ring (bicyclic) bond motifs is 9. The molecule has 3 aromatic rings. The number of aryl methyl sites for hydroxylation is 1. The van der Waals surface area contributed by atoms with Crippen molar-refractivity contribution in [2.75, 3.05) is 0 Å². The van der Waals surface area contributed by atoms with Gasteiger partial charge in [0.15, 0.2) is 0 Å². The standard InChI is InChI=1S/C30H28N2O6S2/c1-13-7-3-4-8-15(13)12-38-19-10-6-5-9-16(19)20-21-17-11-18(24(21)39-26-25(20)40-30(37)31-26)23-22(17)27(33)32(28(23)34)14(2)29(35)36/h3-10,14,17-18,20-24H,11-12H2,1-2H3,(H,31,37)(H,35,36)/t14?,17?,18?,20-,21?,22?,23?,24?/m1/s1. The van der Waals surface area contributed by atoms with E-state index in [9.17, 15) is 24.3 Å². The van der Waals surface area contributed by atoms with Crippen molar-refractivity contribution in [1.29, 1.82) is 0 Å². The van der Waals surface area contributed by atoms with Crippen LogP contribution in [0.3, 0.4) is 0 Å². The van der Waals surface area contributed by atoms with Crippen molar-refractivity contribution in [3.05, 3.63) is 79.8 Å². The number of carbonyl (C=O) groups is 3. The minimum atomic E-state index is -1.19. The topological polar surface area (TPSA) is 117 Å². The number of aromatic amines is 1. The minimum Gasteiger partial charge on any atom is -0.489 e. The second-order valence-corrected chi connectivity index (χ2v) is 13.5. The van der Waals surface area contributed by atoms with Gasteiger partial charge in [0, 0.05) is 21.6 Å². The Labute approximate surface area is 238 Å². The molecule has 2 aromatic carbocycles. The van der Waals surface area contributed by atoms with Crippen LogP contribution in [0, 0.1) is 36.5 Å². The van der Waals surface area contributed by atoms with Crippen molar-refractivity contribution < 1.29 is 24.2 Å². The molecule has 8 nitrogen and oxygen atoms in total. The van der Waals surface area contributed by atoms with Crippen molar-refractivity contribution in [3.8, 4) is 5.75 Å². The number of aliphatic carboxylic acids is 1. The van der Waals surface area contributed by atoms with Gasteiger partial charge >= 0.3 is 10.8 Å². The molecule has 8 atom stereocenters. The Morgan fingerprint density at radius 1 is 1.07 bits per heavy atom. The molecule has 1 aromatic heterocycles. The van der Waals surface area contributed by atoms with Gasteiger partial charge in [0.2, 0.25) is 11.8 Å². The Kier molecular flexibility index (Phi) is 5.98. The number of thiazole rings is 1. The first-order valence-electron chi connectivity index (χ1n) is 13.5. The molecule has 0 radical (unpaired) electrons. The van der Waals surface area contributed by atoms with Crippen molar-refractivity contribution >= 4 is 40.9 Å². The van der Waals surface area contributed by atoms with E-state index in [2.05, 4.69) is 18.0 Å². The van der Waals surface area contributed by atoms with Crippen molar-refractivity contribution in [1.82, 2.24) is 9.88 Å². The van der Waals surface area contributed by atoms with Crippen LogP contribution in [0.1, 0.15) is 40.8 Å².